The van der Waals surface area contributed by atoms with Gasteiger partial charge in [-0.3, -0.25) is 0 Å². The van der Waals surface area contributed by atoms with Gasteiger partial charge in [-0.1, -0.05) is 6.07 Å². The van der Waals surface area contributed by atoms with Crippen molar-refractivity contribution in [3.05, 3.63) is 41.6 Å². The van der Waals surface area contributed by atoms with Crippen molar-refractivity contribution in [3.63, 3.8) is 0 Å². The van der Waals surface area contributed by atoms with Crippen molar-refractivity contribution in [3.8, 4) is 0 Å². The summed E-state index contributed by atoms with van der Waals surface area (Å²) in [6.45, 7) is 1.99. The van der Waals surface area contributed by atoms with Crippen molar-refractivity contribution >= 4 is 22.9 Å². The Balaban J connectivity index is 2.42. The van der Waals surface area contributed by atoms with E-state index in [0.29, 0.717) is 0 Å². The SMILES string of the molecule is Cc1cc2cc(C=CC(=O)O)ccc2[nH]1. The lowest BCUT2D eigenvalue weighted by Crippen LogP contribution is -1.85. The van der Waals surface area contributed by atoms with E-state index in [9.17, 15) is 4.79 Å². The second kappa shape index (κ2) is 3.61. The van der Waals surface area contributed by atoms with Gasteiger partial charge in [0.1, 0.15) is 0 Å². The summed E-state index contributed by atoms with van der Waals surface area (Å²) < 4.78 is 0. The summed E-state index contributed by atoms with van der Waals surface area (Å²) in [6, 6.07) is 7.83. The van der Waals surface area contributed by atoms with Crippen LogP contribution in [-0.4, -0.2) is 16.1 Å². The molecule has 3 heteroatoms. The van der Waals surface area contributed by atoms with Crippen LogP contribution in [0.15, 0.2) is 30.3 Å². The molecule has 0 aliphatic heterocycles. The predicted octanol–water partition coefficient (Wildman–Crippen LogP) is 2.57. The quantitative estimate of drug-likeness (QED) is 0.734. The van der Waals surface area contributed by atoms with E-state index in [1.165, 1.54) is 0 Å². The first kappa shape index (κ1) is 9.52. The van der Waals surface area contributed by atoms with Crippen LogP contribution in [0.4, 0.5) is 0 Å². The van der Waals surface area contributed by atoms with E-state index in [4.69, 9.17) is 5.11 Å². The van der Waals surface area contributed by atoms with Crippen LogP contribution >= 0.6 is 0 Å². The number of carbonyl (C=O) groups is 1. The van der Waals surface area contributed by atoms with Crippen molar-refractivity contribution in [2.24, 2.45) is 0 Å². The number of aromatic nitrogens is 1. The van der Waals surface area contributed by atoms with Crippen LogP contribution in [-0.2, 0) is 4.79 Å². The summed E-state index contributed by atoms with van der Waals surface area (Å²) in [7, 11) is 0. The third-order valence-electron chi connectivity index (χ3n) is 2.20. The van der Waals surface area contributed by atoms with Crippen molar-refractivity contribution in [2.75, 3.05) is 0 Å². The molecule has 1 aromatic heterocycles. The minimum Gasteiger partial charge on any atom is -0.478 e. The van der Waals surface area contributed by atoms with E-state index in [2.05, 4.69) is 4.98 Å². The van der Waals surface area contributed by atoms with Crippen molar-refractivity contribution < 1.29 is 9.90 Å². The second-order valence-electron chi connectivity index (χ2n) is 3.47. The van der Waals surface area contributed by atoms with E-state index in [-0.39, 0.29) is 0 Å². The number of aliphatic carboxylic acids is 1. The molecule has 0 fully saturated rings. The molecule has 2 rings (SSSR count). The van der Waals surface area contributed by atoms with Crippen molar-refractivity contribution in [2.45, 2.75) is 6.92 Å². The molecule has 1 heterocycles. The van der Waals surface area contributed by atoms with Gasteiger partial charge in [0.15, 0.2) is 0 Å². The van der Waals surface area contributed by atoms with Gasteiger partial charge in [0.25, 0.3) is 0 Å². The van der Waals surface area contributed by atoms with Gasteiger partial charge in [-0.2, -0.15) is 0 Å². The highest BCUT2D eigenvalue weighted by Crippen LogP contribution is 2.17. The van der Waals surface area contributed by atoms with Gasteiger partial charge < -0.3 is 10.1 Å². The largest absolute Gasteiger partial charge is 0.478 e. The first-order valence-electron chi connectivity index (χ1n) is 4.65. The molecule has 15 heavy (non-hydrogen) atoms. The molecule has 0 aliphatic carbocycles. The van der Waals surface area contributed by atoms with Crippen molar-refractivity contribution in [1.29, 1.82) is 0 Å². The smallest absolute Gasteiger partial charge is 0.328 e. The Morgan fingerprint density at radius 2 is 2.20 bits per heavy atom. The number of carboxylic acid groups (broad SMARTS) is 1. The molecular formula is C12H11NO2. The zero-order valence-corrected chi connectivity index (χ0v) is 8.32. The third kappa shape index (κ3) is 2.07. The Hall–Kier alpha value is -2.03. The fourth-order valence-corrected chi connectivity index (χ4v) is 1.57. The minimum absolute atomic E-state index is 0.893. The highest BCUT2D eigenvalue weighted by atomic mass is 16.4. The molecule has 0 saturated heterocycles. The molecule has 0 spiro atoms. The number of rotatable bonds is 2. The Kier molecular flexibility index (Phi) is 2.29. The highest BCUT2D eigenvalue weighted by Gasteiger charge is 1.97. The zero-order chi connectivity index (χ0) is 10.8. The Labute approximate surface area is 87.0 Å². The van der Waals surface area contributed by atoms with Gasteiger partial charge in [0.05, 0.1) is 0 Å². The van der Waals surface area contributed by atoms with Gasteiger partial charge in [-0.05, 0) is 36.8 Å². The highest BCUT2D eigenvalue weighted by molar-refractivity contribution is 5.88. The van der Waals surface area contributed by atoms with E-state index < -0.39 is 5.97 Å². The number of H-pyrrole nitrogens is 1. The summed E-state index contributed by atoms with van der Waals surface area (Å²) in [6.07, 6.45) is 2.73. The van der Waals surface area contributed by atoms with Gasteiger partial charge in [0.2, 0.25) is 0 Å². The van der Waals surface area contributed by atoms with Crippen molar-refractivity contribution in [1.82, 2.24) is 4.98 Å². The Morgan fingerprint density at radius 1 is 1.40 bits per heavy atom. The summed E-state index contributed by atoms with van der Waals surface area (Å²) in [5.74, 6) is -0.930. The molecule has 0 amide bonds. The first-order valence-corrected chi connectivity index (χ1v) is 4.65. The lowest BCUT2D eigenvalue weighted by molar-refractivity contribution is -0.131. The maximum atomic E-state index is 10.3. The van der Waals surface area contributed by atoms with E-state index in [1.807, 2.05) is 31.2 Å². The van der Waals surface area contributed by atoms with E-state index >= 15 is 0 Å². The maximum absolute atomic E-state index is 10.3. The van der Waals surface area contributed by atoms with Crippen LogP contribution in [0.25, 0.3) is 17.0 Å². The summed E-state index contributed by atoms with van der Waals surface area (Å²) in [5, 5.41) is 9.60. The van der Waals surface area contributed by atoms with Crippen LogP contribution in [0, 0.1) is 6.92 Å². The number of hydrogen-bond donors (Lipinski definition) is 2. The number of hydrogen-bond acceptors (Lipinski definition) is 1. The Morgan fingerprint density at radius 3 is 2.93 bits per heavy atom. The number of aromatic amines is 1. The average Bonchev–Trinajstić information content (AvgIpc) is 2.53. The van der Waals surface area contributed by atoms with Crippen LogP contribution in [0.2, 0.25) is 0 Å². The molecular weight excluding hydrogens is 190 g/mol. The monoisotopic (exact) mass is 201 g/mol. The van der Waals surface area contributed by atoms with Gasteiger partial charge in [-0.25, -0.2) is 4.79 Å². The molecule has 0 bridgehead atoms. The minimum atomic E-state index is -0.930. The number of fused-ring (bicyclic) bond motifs is 1. The standard InChI is InChI=1S/C12H11NO2/c1-8-6-10-7-9(3-5-12(14)15)2-4-11(10)13-8/h2-7,13H,1H3,(H,14,15). The number of nitrogens with one attached hydrogen (secondary N) is 1. The second-order valence-corrected chi connectivity index (χ2v) is 3.47. The van der Waals surface area contributed by atoms with Gasteiger partial charge in [-0.15, -0.1) is 0 Å². The average molecular weight is 201 g/mol. The zero-order valence-electron chi connectivity index (χ0n) is 8.32. The van der Waals surface area contributed by atoms with Crippen LogP contribution in [0.3, 0.4) is 0 Å². The van der Waals surface area contributed by atoms with Gasteiger partial charge in [0, 0.05) is 22.7 Å². The topological polar surface area (TPSA) is 53.1 Å². The van der Waals surface area contributed by atoms with Gasteiger partial charge >= 0.3 is 5.97 Å². The molecule has 2 aromatic rings. The summed E-state index contributed by atoms with van der Waals surface area (Å²) in [5.41, 5.74) is 3.06. The molecule has 0 saturated carbocycles. The van der Waals surface area contributed by atoms with E-state index in [0.717, 1.165) is 28.2 Å². The summed E-state index contributed by atoms with van der Waals surface area (Å²) >= 11 is 0. The molecule has 0 atom stereocenters. The molecule has 0 aliphatic rings. The fourth-order valence-electron chi connectivity index (χ4n) is 1.57. The fraction of sp³-hybridized carbons (Fsp3) is 0.0833. The molecule has 2 N–H and O–H groups in total. The normalized spacial score (nSPS) is 11.3. The van der Waals surface area contributed by atoms with E-state index in [1.54, 1.807) is 6.08 Å². The third-order valence-corrected chi connectivity index (χ3v) is 2.20. The predicted molar refractivity (Wildman–Crippen MR) is 59.7 cm³/mol. The Bertz CT molecular complexity index is 538. The number of benzene rings is 1. The summed E-state index contributed by atoms with van der Waals surface area (Å²) in [4.78, 5) is 13.6. The molecule has 0 unspecified atom stereocenters. The molecule has 1 aromatic carbocycles. The number of aryl methyl sites for hydroxylation is 1. The van der Waals surface area contributed by atoms with Crippen LogP contribution in [0.1, 0.15) is 11.3 Å². The van der Waals surface area contributed by atoms with Crippen LogP contribution < -0.4 is 0 Å². The maximum Gasteiger partial charge on any atom is 0.328 e. The lowest BCUT2D eigenvalue weighted by atomic mass is 10.1. The molecule has 76 valence electrons. The molecule has 0 radical (unpaired) electrons. The molecule has 3 nitrogen and oxygen atoms in total. The first-order chi connectivity index (χ1) is 7.15. The lowest BCUT2D eigenvalue weighted by Gasteiger charge is -1.93. The number of carboxylic acids is 1. The van der Waals surface area contributed by atoms with Crippen LogP contribution in [0.5, 0.6) is 0 Å².